The third-order valence-corrected chi connectivity index (χ3v) is 3.54. The molecule has 112 valence electrons. The van der Waals surface area contributed by atoms with E-state index in [1.807, 2.05) is 44.2 Å². The Morgan fingerprint density at radius 1 is 1.19 bits per heavy atom. The van der Waals surface area contributed by atoms with Crippen molar-refractivity contribution in [3.05, 3.63) is 42.0 Å². The van der Waals surface area contributed by atoms with Gasteiger partial charge in [0.1, 0.15) is 5.75 Å². The van der Waals surface area contributed by atoms with Crippen LogP contribution in [0.2, 0.25) is 0 Å². The molecule has 0 aliphatic rings. The molecule has 4 heteroatoms. The van der Waals surface area contributed by atoms with Crippen molar-refractivity contribution in [2.75, 3.05) is 13.7 Å². The second-order valence-corrected chi connectivity index (χ2v) is 4.97. The Bertz CT molecular complexity index is 625. The van der Waals surface area contributed by atoms with Gasteiger partial charge in [-0.3, -0.25) is 4.79 Å². The van der Waals surface area contributed by atoms with E-state index < -0.39 is 0 Å². The maximum Gasteiger partial charge on any atom is 0.236 e. The lowest BCUT2D eigenvalue weighted by Gasteiger charge is -2.15. The molecule has 1 atom stereocenters. The number of nitrogens with one attached hydrogen (secondary N) is 2. The van der Waals surface area contributed by atoms with Crippen molar-refractivity contribution in [2.24, 2.45) is 0 Å². The van der Waals surface area contributed by atoms with Crippen molar-refractivity contribution in [3.63, 3.8) is 0 Å². The Morgan fingerprint density at radius 2 is 1.90 bits per heavy atom. The molecule has 2 N–H and O–H groups in total. The fourth-order valence-electron chi connectivity index (χ4n) is 2.35. The van der Waals surface area contributed by atoms with Crippen LogP contribution in [0.3, 0.4) is 0 Å². The van der Waals surface area contributed by atoms with Crippen LogP contribution in [-0.2, 0) is 11.3 Å². The Morgan fingerprint density at radius 3 is 2.57 bits per heavy atom. The fraction of sp³-hybridized carbons (Fsp3) is 0.353. The molecule has 0 spiro atoms. The normalized spacial score (nSPS) is 12.1. The number of ether oxygens (including phenoxy) is 1. The molecule has 0 radical (unpaired) electrons. The smallest absolute Gasteiger partial charge is 0.236 e. The van der Waals surface area contributed by atoms with Gasteiger partial charge in [-0.15, -0.1) is 0 Å². The maximum absolute atomic E-state index is 11.7. The van der Waals surface area contributed by atoms with Crippen LogP contribution in [0.25, 0.3) is 10.8 Å². The van der Waals surface area contributed by atoms with Crippen LogP contribution >= 0.6 is 0 Å². The van der Waals surface area contributed by atoms with Crippen LogP contribution in [0.5, 0.6) is 5.75 Å². The molecule has 1 amide bonds. The zero-order valence-electron chi connectivity index (χ0n) is 12.8. The molecule has 1 unspecified atom stereocenters. The summed E-state index contributed by atoms with van der Waals surface area (Å²) < 4.78 is 5.39. The van der Waals surface area contributed by atoms with Gasteiger partial charge in [-0.1, -0.05) is 30.3 Å². The molecule has 0 heterocycles. The van der Waals surface area contributed by atoms with E-state index in [1.165, 1.54) is 0 Å². The lowest BCUT2D eigenvalue weighted by Crippen LogP contribution is -2.41. The number of amides is 1. The molecular weight excluding hydrogens is 264 g/mol. The van der Waals surface area contributed by atoms with Gasteiger partial charge in [0.05, 0.1) is 13.2 Å². The lowest BCUT2D eigenvalue weighted by molar-refractivity contribution is -0.122. The summed E-state index contributed by atoms with van der Waals surface area (Å²) in [5, 5.41) is 8.31. The molecular formula is C17H22N2O2. The van der Waals surface area contributed by atoms with Gasteiger partial charge in [0, 0.05) is 18.5 Å². The standard InChI is InChI=1S/C17H22N2O2/c1-4-18-17(20)12(2)19-11-13-9-10-16(21-3)15-8-6-5-7-14(13)15/h5-10,12,19H,4,11H2,1-3H3,(H,18,20). The van der Waals surface area contributed by atoms with Crippen molar-refractivity contribution in [3.8, 4) is 5.75 Å². The van der Waals surface area contributed by atoms with Crippen LogP contribution in [0.15, 0.2) is 36.4 Å². The van der Waals surface area contributed by atoms with E-state index >= 15 is 0 Å². The third-order valence-electron chi connectivity index (χ3n) is 3.54. The quantitative estimate of drug-likeness (QED) is 0.857. The topological polar surface area (TPSA) is 50.4 Å². The molecule has 0 fully saturated rings. The van der Waals surface area contributed by atoms with Crippen LogP contribution in [0, 0.1) is 0 Å². The van der Waals surface area contributed by atoms with E-state index in [0.717, 1.165) is 22.1 Å². The number of rotatable bonds is 6. The van der Waals surface area contributed by atoms with Crippen LogP contribution < -0.4 is 15.4 Å². The van der Waals surface area contributed by atoms with E-state index in [4.69, 9.17) is 4.74 Å². The number of carbonyl (C=O) groups excluding carboxylic acids is 1. The first kappa shape index (κ1) is 15.3. The minimum atomic E-state index is -0.217. The Labute approximate surface area is 125 Å². The highest BCUT2D eigenvalue weighted by Gasteiger charge is 2.12. The predicted octanol–water partition coefficient (Wildman–Crippen LogP) is 2.46. The number of likely N-dealkylation sites (N-methyl/N-ethyl adjacent to an activating group) is 1. The zero-order valence-corrected chi connectivity index (χ0v) is 12.8. The molecule has 0 aromatic heterocycles. The second-order valence-electron chi connectivity index (χ2n) is 4.97. The average Bonchev–Trinajstić information content (AvgIpc) is 2.52. The molecule has 0 bridgehead atoms. The van der Waals surface area contributed by atoms with Crippen molar-refractivity contribution in [1.82, 2.24) is 10.6 Å². The van der Waals surface area contributed by atoms with Gasteiger partial charge in [0.15, 0.2) is 0 Å². The minimum absolute atomic E-state index is 0.0234. The van der Waals surface area contributed by atoms with Gasteiger partial charge in [0.25, 0.3) is 0 Å². The Kier molecular flexibility index (Phi) is 5.17. The molecule has 0 aliphatic heterocycles. The van der Waals surface area contributed by atoms with E-state index in [0.29, 0.717) is 13.1 Å². The third kappa shape index (κ3) is 3.52. The first-order valence-corrected chi connectivity index (χ1v) is 7.23. The SMILES string of the molecule is CCNC(=O)C(C)NCc1ccc(OC)c2ccccc12. The number of hydrogen-bond acceptors (Lipinski definition) is 3. The molecule has 2 aromatic rings. The van der Waals surface area contributed by atoms with Crippen molar-refractivity contribution in [1.29, 1.82) is 0 Å². The summed E-state index contributed by atoms with van der Waals surface area (Å²) in [6.07, 6.45) is 0. The summed E-state index contributed by atoms with van der Waals surface area (Å²) in [5.41, 5.74) is 1.16. The van der Waals surface area contributed by atoms with Crippen LogP contribution in [-0.4, -0.2) is 25.6 Å². The van der Waals surface area contributed by atoms with Crippen molar-refractivity contribution >= 4 is 16.7 Å². The van der Waals surface area contributed by atoms with E-state index in [1.54, 1.807) is 7.11 Å². The van der Waals surface area contributed by atoms with Crippen molar-refractivity contribution in [2.45, 2.75) is 26.4 Å². The summed E-state index contributed by atoms with van der Waals surface area (Å²) in [5.74, 6) is 0.890. The summed E-state index contributed by atoms with van der Waals surface area (Å²) in [7, 11) is 1.68. The lowest BCUT2D eigenvalue weighted by atomic mass is 10.0. The van der Waals surface area contributed by atoms with Crippen LogP contribution in [0.4, 0.5) is 0 Å². The van der Waals surface area contributed by atoms with Gasteiger partial charge in [-0.2, -0.15) is 0 Å². The monoisotopic (exact) mass is 286 g/mol. The Balaban J connectivity index is 2.18. The molecule has 0 aliphatic carbocycles. The first-order valence-electron chi connectivity index (χ1n) is 7.23. The minimum Gasteiger partial charge on any atom is -0.496 e. The van der Waals surface area contributed by atoms with Gasteiger partial charge in [-0.05, 0) is 30.9 Å². The molecule has 21 heavy (non-hydrogen) atoms. The summed E-state index contributed by atoms with van der Waals surface area (Å²) in [4.78, 5) is 11.7. The molecule has 0 saturated heterocycles. The first-order chi connectivity index (χ1) is 10.2. The summed E-state index contributed by atoms with van der Waals surface area (Å²) in [6.45, 7) is 5.08. The predicted molar refractivity (Wildman–Crippen MR) is 85.5 cm³/mol. The highest BCUT2D eigenvalue weighted by Crippen LogP contribution is 2.28. The maximum atomic E-state index is 11.7. The number of carbonyl (C=O) groups is 1. The van der Waals surface area contributed by atoms with Gasteiger partial charge >= 0.3 is 0 Å². The van der Waals surface area contributed by atoms with Gasteiger partial charge in [0.2, 0.25) is 5.91 Å². The number of benzene rings is 2. The zero-order chi connectivity index (χ0) is 15.2. The van der Waals surface area contributed by atoms with Crippen molar-refractivity contribution < 1.29 is 9.53 Å². The van der Waals surface area contributed by atoms with Gasteiger partial charge < -0.3 is 15.4 Å². The highest BCUT2D eigenvalue weighted by atomic mass is 16.5. The second kappa shape index (κ2) is 7.09. The number of hydrogen-bond donors (Lipinski definition) is 2. The van der Waals surface area contributed by atoms with Crippen LogP contribution in [0.1, 0.15) is 19.4 Å². The average molecular weight is 286 g/mol. The summed E-state index contributed by atoms with van der Waals surface area (Å²) in [6, 6.07) is 11.9. The van der Waals surface area contributed by atoms with E-state index in [2.05, 4.69) is 16.7 Å². The van der Waals surface area contributed by atoms with E-state index in [9.17, 15) is 4.79 Å². The number of fused-ring (bicyclic) bond motifs is 1. The number of methoxy groups -OCH3 is 1. The van der Waals surface area contributed by atoms with E-state index in [-0.39, 0.29) is 11.9 Å². The summed E-state index contributed by atoms with van der Waals surface area (Å²) >= 11 is 0. The molecule has 4 nitrogen and oxygen atoms in total. The molecule has 0 saturated carbocycles. The highest BCUT2D eigenvalue weighted by molar-refractivity contribution is 5.91. The molecule has 2 aromatic carbocycles. The van der Waals surface area contributed by atoms with Gasteiger partial charge in [-0.25, -0.2) is 0 Å². The molecule has 2 rings (SSSR count). The largest absolute Gasteiger partial charge is 0.496 e. The fourth-order valence-corrected chi connectivity index (χ4v) is 2.35. The Hall–Kier alpha value is -2.07.